The molecule has 1 fully saturated rings. The van der Waals surface area contributed by atoms with Gasteiger partial charge in [0, 0.05) is 18.1 Å². The van der Waals surface area contributed by atoms with Gasteiger partial charge < -0.3 is 9.32 Å². The van der Waals surface area contributed by atoms with Crippen LogP contribution < -0.4 is 0 Å². The molecular weight excluding hydrogens is 332 g/mol. The normalized spacial score (nSPS) is 17.3. The van der Waals surface area contributed by atoms with Crippen LogP contribution in [0.25, 0.3) is 11.1 Å². The number of thioether (sulfide) groups is 1. The molecule has 0 radical (unpaired) electrons. The molecule has 1 unspecified atom stereocenters. The number of carbonyl (C=O) groups is 1. The average molecular weight is 353 g/mol. The van der Waals surface area contributed by atoms with Crippen LogP contribution >= 0.6 is 23.4 Å². The van der Waals surface area contributed by atoms with Gasteiger partial charge in [-0.15, -0.1) is 0 Å². The standard InChI is InChI=1S/C17H21ClN2O2S/c1-11(16(21)20(2)13-6-4-3-5-7-13)23-17-19-14-10-12(18)8-9-15(14)22-17/h8-11,13H,3-7H2,1-2H3. The molecule has 0 bridgehead atoms. The van der Waals surface area contributed by atoms with Gasteiger partial charge in [-0.05, 0) is 38.0 Å². The number of amides is 1. The van der Waals surface area contributed by atoms with Gasteiger partial charge >= 0.3 is 0 Å². The number of halogens is 1. The highest BCUT2D eigenvalue weighted by molar-refractivity contribution is 8.00. The molecule has 0 aliphatic heterocycles. The Balaban J connectivity index is 1.66. The third kappa shape index (κ3) is 3.83. The number of rotatable bonds is 4. The topological polar surface area (TPSA) is 46.3 Å². The Morgan fingerprint density at radius 3 is 2.87 bits per heavy atom. The highest BCUT2D eigenvalue weighted by Gasteiger charge is 2.27. The van der Waals surface area contributed by atoms with E-state index in [1.165, 1.54) is 31.0 Å². The molecule has 1 aromatic carbocycles. The van der Waals surface area contributed by atoms with Crippen LogP contribution in [0.1, 0.15) is 39.0 Å². The Morgan fingerprint density at radius 1 is 1.39 bits per heavy atom. The molecule has 1 aliphatic rings. The Labute approximate surface area is 145 Å². The molecule has 0 N–H and O–H groups in total. The highest BCUT2D eigenvalue weighted by Crippen LogP contribution is 2.30. The maximum absolute atomic E-state index is 12.6. The van der Waals surface area contributed by atoms with Crippen LogP contribution in [0.3, 0.4) is 0 Å². The number of hydrogen-bond acceptors (Lipinski definition) is 4. The molecule has 4 nitrogen and oxygen atoms in total. The minimum atomic E-state index is -0.217. The zero-order valence-corrected chi connectivity index (χ0v) is 15.0. The SMILES string of the molecule is CC(Sc1nc2cc(Cl)ccc2o1)C(=O)N(C)C1CCCCC1. The largest absolute Gasteiger partial charge is 0.431 e. The zero-order chi connectivity index (χ0) is 16.4. The molecule has 1 amide bonds. The van der Waals surface area contributed by atoms with E-state index in [1.54, 1.807) is 18.2 Å². The first kappa shape index (κ1) is 16.7. The van der Waals surface area contributed by atoms with Crippen molar-refractivity contribution in [3.8, 4) is 0 Å². The average Bonchev–Trinajstić information content (AvgIpc) is 2.95. The van der Waals surface area contributed by atoms with Crippen molar-refractivity contribution >= 4 is 40.4 Å². The van der Waals surface area contributed by atoms with Crippen LogP contribution in [-0.2, 0) is 4.79 Å². The van der Waals surface area contributed by atoms with E-state index in [0.717, 1.165) is 18.4 Å². The van der Waals surface area contributed by atoms with Gasteiger partial charge in [-0.1, -0.05) is 42.6 Å². The molecule has 0 saturated heterocycles. The lowest BCUT2D eigenvalue weighted by atomic mass is 9.94. The maximum Gasteiger partial charge on any atom is 0.257 e. The number of benzene rings is 1. The number of nitrogens with zero attached hydrogens (tertiary/aromatic N) is 2. The second-order valence-corrected chi connectivity index (χ2v) is 7.82. The van der Waals surface area contributed by atoms with Crippen molar-refractivity contribution in [1.29, 1.82) is 0 Å². The predicted octanol–water partition coefficient (Wildman–Crippen LogP) is 4.75. The Kier molecular flexibility index (Phi) is 5.17. The zero-order valence-electron chi connectivity index (χ0n) is 13.4. The van der Waals surface area contributed by atoms with Crippen molar-refractivity contribution in [2.75, 3.05) is 7.05 Å². The summed E-state index contributed by atoms with van der Waals surface area (Å²) in [5, 5.41) is 0.925. The van der Waals surface area contributed by atoms with Crippen molar-refractivity contribution in [2.45, 2.75) is 55.5 Å². The van der Waals surface area contributed by atoms with Gasteiger partial charge in [0.1, 0.15) is 5.52 Å². The fraction of sp³-hybridized carbons (Fsp3) is 0.529. The van der Waals surface area contributed by atoms with Crippen LogP contribution in [0, 0.1) is 0 Å². The van der Waals surface area contributed by atoms with E-state index in [9.17, 15) is 4.79 Å². The van der Waals surface area contributed by atoms with Gasteiger partial charge in [0.25, 0.3) is 5.22 Å². The lowest BCUT2D eigenvalue weighted by Gasteiger charge is -2.32. The Morgan fingerprint density at radius 2 is 2.13 bits per heavy atom. The van der Waals surface area contributed by atoms with Crippen LogP contribution in [0.5, 0.6) is 0 Å². The van der Waals surface area contributed by atoms with E-state index < -0.39 is 0 Å². The smallest absolute Gasteiger partial charge is 0.257 e. The van der Waals surface area contributed by atoms with E-state index in [0.29, 0.717) is 21.9 Å². The van der Waals surface area contributed by atoms with E-state index in [4.69, 9.17) is 16.0 Å². The van der Waals surface area contributed by atoms with Gasteiger partial charge in [0.2, 0.25) is 5.91 Å². The van der Waals surface area contributed by atoms with Crippen LogP contribution in [-0.4, -0.2) is 34.1 Å². The fourth-order valence-corrected chi connectivity index (χ4v) is 4.09. The molecule has 124 valence electrons. The van der Waals surface area contributed by atoms with Crippen molar-refractivity contribution in [3.63, 3.8) is 0 Å². The Hall–Kier alpha value is -1.20. The van der Waals surface area contributed by atoms with E-state index in [2.05, 4.69) is 4.98 Å². The predicted molar refractivity (Wildman–Crippen MR) is 94.0 cm³/mol. The first-order valence-electron chi connectivity index (χ1n) is 8.04. The second kappa shape index (κ2) is 7.14. The summed E-state index contributed by atoms with van der Waals surface area (Å²) in [7, 11) is 1.92. The van der Waals surface area contributed by atoms with Crippen molar-refractivity contribution in [3.05, 3.63) is 23.2 Å². The van der Waals surface area contributed by atoms with Gasteiger partial charge in [-0.3, -0.25) is 4.79 Å². The third-order valence-corrected chi connectivity index (χ3v) is 5.59. The summed E-state index contributed by atoms with van der Waals surface area (Å²) in [6.45, 7) is 1.91. The van der Waals surface area contributed by atoms with E-state index >= 15 is 0 Å². The summed E-state index contributed by atoms with van der Waals surface area (Å²) in [5.41, 5.74) is 1.41. The van der Waals surface area contributed by atoms with Crippen molar-refractivity contribution in [1.82, 2.24) is 9.88 Å². The molecule has 23 heavy (non-hydrogen) atoms. The monoisotopic (exact) mass is 352 g/mol. The highest BCUT2D eigenvalue weighted by atomic mass is 35.5. The summed E-state index contributed by atoms with van der Waals surface area (Å²) in [6, 6.07) is 5.72. The first-order chi connectivity index (χ1) is 11.0. The molecule has 0 spiro atoms. The number of hydrogen-bond donors (Lipinski definition) is 0. The maximum atomic E-state index is 12.6. The summed E-state index contributed by atoms with van der Waals surface area (Å²) in [6.07, 6.45) is 5.95. The fourth-order valence-electron chi connectivity index (χ4n) is 3.07. The molecule has 1 aromatic heterocycles. The number of fused-ring (bicyclic) bond motifs is 1. The molecule has 1 atom stereocenters. The lowest BCUT2D eigenvalue weighted by molar-refractivity contribution is -0.131. The van der Waals surface area contributed by atoms with Gasteiger partial charge in [-0.25, -0.2) is 4.98 Å². The number of aromatic nitrogens is 1. The van der Waals surface area contributed by atoms with Crippen LogP contribution in [0.2, 0.25) is 5.02 Å². The van der Waals surface area contributed by atoms with Crippen molar-refractivity contribution < 1.29 is 9.21 Å². The molecule has 3 rings (SSSR count). The Bertz CT molecular complexity index is 697. The van der Waals surface area contributed by atoms with Gasteiger partial charge in [-0.2, -0.15) is 0 Å². The lowest BCUT2D eigenvalue weighted by Crippen LogP contribution is -2.42. The quantitative estimate of drug-likeness (QED) is 0.745. The first-order valence-corrected chi connectivity index (χ1v) is 9.30. The van der Waals surface area contributed by atoms with Gasteiger partial charge in [0.15, 0.2) is 5.58 Å². The molecule has 1 aliphatic carbocycles. The second-order valence-electron chi connectivity index (χ2n) is 6.09. The molecular formula is C17H21ClN2O2S. The third-order valence-electron chi connectivity index (χ3n) is 4.43. The molecule has 1 saturated carbocycles. The molecule has 2 aromatic rings. The number of oxazole rings is 1. The summed E-state index contributed by atoms with van der Waals surface area (Å²) >= 11 is 7.33. The van der Waals surface area contributed by atoms with E-state index in [1.807, 2.05) is 18.9 Å². The van der Waals surface area contributed by atoms with Crippen LogP contribution in [0.4, 0.5) is 0 Å². The number of carbonyl (C=O) groups excluding carboxylic acids is 1. The molecule has 6 heteroatoms. The van der Waals surface area contributed by atoms with E-state index in [-0.39, 0.29) is 11.2 Å². The summed E-state index contributed by atoms with van der Waals surface area (Å²) in [5.74, 6) is 0.141. The van der Waals surface area contributed by atoms with Crippen LogP contribution in [0.15, 0.2) is 27.8 Å². The molecule has 1 heterocycles. The summed E-state index contributed by atoms with van der Waals surface area (Å²) < 4.78 is 5.69. The minimum absolute atomic E-state index is 0.141. The van der Waals surface area contributed by atoms with Gasteiger partial charge in [0.05, 0.1) is 5.25 Å². The van der Waals surface area contributed by atoms with Crippen molar-refractivity contribution in [2.24, 2.45) is 0 Å². The minimum Gasteiger partial charge on any atom is -0.431 e. The summed E-state index contributed by atoms with van der Waals surface area (Å²) in [4.78, 5) is 19.0.